The monoisotopic (exact) mass is 362 g/mol. The van der Waals surface area contributed by atoms with E-state index < -0.39 is 27.9 Å². The highest BCUT2D eigenvalue weighted by Crippen LogP contribution is 2.24. The Labute approximate surface area is 146 Å². The van der Waals surface area contributed by atoms with Gasteiger partial charge in [0.15, 0.2) is 9.84 Å². The van der Waals surface area contributed by atoms with Crippen LogP contribution in [-0.4, -0.2) is 33.2 Å². The molecule has 0 saturated heterocycles. The first-order valence-corrected chi connectivity index (χ1v) is 9.21. The van der Waals surface area contributed by atoms with Gasteiger partial charge in [-0.25, -0.2) is 18.0 Å². The second-order valence-electron chi connectivity index (χ2n) is 5.12. The molecule has 0 bridgehead atoms. The molecule has 0 heterocycles. The zero-order valence-corrected chi connectivity index (χ0v) is 14.7. The molecule has 0 radical (unpaired) electrons. The number of ether oxygens (including phenoxy) is 2. The third-order valence-corrected chi connectivity index (χ3v) is 5.35. The fourth-order valence-corrected chi connectivity index (χ4v) is 3.30. The molecule has 1 unspecified atom stereocenters. The number of hydrogen-bond acceptors (Lipinski definition) is 6. The van der Waals surface area contributed by atoms with Crippen molar-refractivity contribution in [3.8, 4) is 0 Å². The first kappa shape index (κ1) is 18.7. The number of methoxy groups -OCH3 is 1. The predicted octanol–water partition coefficient (Wildman–Crippen LogP) is 2.55. The summed E-state index contributed by atoms with van der Waals surface area (Å²) in [5.41, 5.74) is 0.313. The minimum absolute atomic E-state index is 0.116. The van der Waals surface area contributed by atoms with E-state index in [1.54, 1.807) is 30.3 Å². The minimum atomic E-state index is -3.62. The fraction of sp³-hybridized carbons (Fsp3) is 0.222. The Morgan fingerprint density at radius 2 is 1.60 bits per heavy atom. The molecule has 0 N–H and O–H groups in total. The number of hydrogen-bond donors (Lipinski definition) is 0. The van der Waals surface area contributed by atoms with Gasteiger partial charge in [0.2, 0.25) is 6.10 Å². The highest BCUT2D eigenvalue weighted by molar-refractivity contribution is 7.91. The fourth-order valence-electron chi connectivity index (χ4n) is 2.22. The quantitative estimate of drug-likeness (QED) is 0.734. The van der Waals surface area contributed by atoms with Gasteiger partial charge in [-0.2, -0.15) is 0 Å². The second-order valence-corrected chi connectivity index (χ2v) is 7.37. The van der Waals surface area contributed by atoms with Crippen molar-refractivity contribution in [3.05, 3.63) is 65.7 Å². The van der Waals surface area contributed by atoms with Crippen LogP contribution < -0.4 is 0 Å². The standard InChI is InChI=1S/C18H18O6S/c1-3-25(21,22)15-12-8-7-11-14(15)17(19)24-16(18(20)23-2)13-9-5-4-6-10-13/h4-12,16H,3H2,1-2H3. The van der Waals surface area contributed by atoms with Gasteiger partial charge in [-0.3, -0.25) is 0 Å². The molecule has 6 nitrogen and oxygen atoms in total. The molecule has 2 rings (SSSR count). The Morgan fingerprint density at radius 1 is 1.00 bits per heavy atom. The molecule has 0 aliphatic rings. The van der Waals surface area contributed by atoms with Crippen molar-refractivity contribution >= 4 is 21.8 Å². The van der Waals surface area contributed by atoms with E-state index in [1.165, 1.54) is 38.3 Å². The largest absolute Gasteiger partial charge is 0.466 e. The maximum absolute atomic E-state index is 12.5. The zero-order chi connectivity index (χ0) is 18.4. The number of rotatable bonds is 6. The molecule has 7 heteroatoms. The SMILES string of the molecule is CCS(=O)(=O)c1ccccc1C(=O)OC(C(=O)OC)c1ccccc1. The zero-order valence-electron chi connectivity index (χ0n) is 13.8. The lowest BCUT2D eigenvalue weighted by Gasteiger charge is -2.17. The van der Waals surface area contributed by atoms with E-state index in [2.05, 4.69) is 4.74 Å². The number of benzene rings is 2. The number of sulfone groups is 1. The second kappa shape index (κ2) is 7.94. The van der Waals surface area contributed by atoms with Crippen molar-refractivity contribution in [2.75, 3.05) is 12.9 Å². The van der Waals surface area contributed by atoms with E-state index in [1.807, 2.05) is 0 Å². The van der Waals surface area contributed by atoms with Crippen LogP contribution in [0.25, 0.3) is 0 Å². The van der Waals surface area contributed by atoms with Crippen LogP contribution in [-0.2, 0) is 24.1 Å². The molecule has 0 amide bonds. The van der Waals surface area contributed by atoms with Crippen molar-refractivity contribution in [2.24, 2.45) is 0 Å². The van der Waals surface area contributed by atoms with Gasteiger partial charge in [-0.15, -0.1) is 0 Å². The van der Waals surface area contributed by atoms with E-state index in [0.717, 1.165) is 0 Å². The van der Waals surface area contributed by atoms with E-state index in [0.29, 0.717) is 5.56 Å². The summed E-state index contributed by atoms with van der Waals surface area (Å²) in [6.07, 6.45) is -1.28. The van der Waals surface area contributed by atoms with Crippen molar-refractivity contribution in [3.63, 3.8) is 0 Å². The van der Waals surface area contributed by atoms with Gasteiger partial charge in [-0.05, 0) is 12.1 Å². The summed E-state index contributed by atoms with van der Waals surface area (Å²) in [6.45, 7) is 1.48. The topological polar surface area (TPSA) is 86.7 Å². The van der Waals surface area contributed by atoms with Gasteiger partial charge < -0.3 is 9.47 Å². The van der Waals surface area contributed by atoms with E-state index >= 15 is 0 Å². The average Bonchev–Trinajstić information content (AvgIpc) is 2.66. The Morgan fingerprint density at radius 3 is 2.20 bits per heavy atom. The average molecular weight is 362 g/mol. The molecule has 0 spiro atoms. The van der Waals surface area contributed by atoms with Crippen LogP contribution in [0, 0.1) is 0 Å². The maximum atomic E-state index is 12.5. The number of carbonyl (C=O) groups excluding carboxylic acids is 2. The van der Waals surface area contributed by atoms with Crippen LogP contribution in [0.2, 0.25) is 0 Å². The summed E-state index contributed by atoms with van der Waals surface area (Å²) in [7, 11) is -2.43. The molecule has 2 aromatic rings. The summed E-state index contributed by atoms with van der Waals surface area (Å²) in [5.74, 6) is -1.82. The van der Waals surface area contributed by atoms with Gasteiger partial charge in [0, 0.05) is 5.56 Å². The first-order valence-electron chi connectivity index (χ1n) is 7.56. The van der Waals surface area contributed by atoms with Crippen molar-refractivity contribution in [2.45, 2.75) is 17.9 Å². The summed E-state index contributed by atoms with van der Waals surface area (Å²) >= 11 is 0. The minimum Gasteiger partial charge on any atom is -0.466 e. The van der Waals surface area contributed by atoms with E-state index in [4.69, 9.17) is 4.74 Å². The van der Waals surface area contributed by atoms with Gasteiger partial charge in [-0.1, -0.05) is 49.4 Å². The smallest absolute Gasteiger partial charge is 0.351 e. The van der Waals surface area contributed by atoms with Gasteiger partial charge >= 0.3 is 11.9 Å². The van der Waals surface area contributed by atoms with Gasteiger partial charge in [0.05, 0.1) is 23.3 Å². The lowest BCUT2D eigenvalue weighted by Crippen LogP contribution is -2.22. The molecule has 0 aromatic heterocycles. The molecule has 0 saturated carbocycles. The summed E-state index contributed by atoms with van der Waals surface area (Å²) in [6, 6.07) is 14.1. The molecule has 132 valence electrons. The number of esters is 2. The lowest BCUT2D eigenvalue weighted by atomic mass is 10.1. The molecule has 1 atom stereocenters. The molecule has 25 heavy (non-hydrogen) atoms. The third-order valence-electron chi connectivity index (χ3n) is 3.56. The van der Waals surface area contributed by atoms with Crippen LogP contribution >= 0.6 is 0 Å². The first-order chi connectivity index (χ1) is 11.9. The normalized spacial score (nSPS) is 12.2. The van der Waals surface area contributed by atoms with Crippen molar-refractivity contribution < 1.29 is 27.5 Å². The lowest BCUT2D eigenvalue weighted by molar-refractivity contribution is -0.151. The highest BCUT2D eigenvalue weighted by atomic mass is 32.2. The summed E-state index contributed by atoms with van der Waals surface area (Å²) in [5, 5.41) is 0. The molecule has 0 aliphatic heterocycles. The Hall–Kier alpha value is -2.67. The molecule has 2 aromatic carbocycles. The van der Waals surface area contributed by atoms with Gasteiger partial charge in [0.1, 0.15) is 0 Å². The van der Waals surface area contributed by atoms with Crippen molar-refractivity contribution in [1.29, 1.82) is 0 Å². The van der Waals surface area contributed by atoms with Crippen LogP contribution in [0.1, 0.15) is 28.9 Å². The number of carbonyl (C=O) groups is 2. The predicted molar refractivity (Wildman–Crippen MR) is 90.8 cm³/mol. The van der Waals surface area contributed by atoms with Crippen molar-refractivity contribution in [1.82, 2.24) is 0 Å². The molecular formula is C18H18O6S. The van der Waals surface area contributed by atoms with Crippen LogP contribution in [0.3, 0.4) is 0 Å². The van der Waals surface area contributed by atoms with E-state index in [9.17, 15) is 18.0 Å². The van der Waals surface area contributed by atoms with E-state index in [-0.39, 0.29) is 16.2 Å². The Kier molecular flexibility index (Phi) is 5.93. The third kappa shape index (κ3) is 4.24. The van der Waals surface area contributed by atoms with Crippen LogP contribution in [0.4, 0.5) is 0 Å². The summed E-state index contributed by atoms with van der Waals surface area (Å²) < 4.78 is 34.3. The molecular weight excluding hydrogens is 344 g/mol. The van der Waals surface area contributed by atoms with Gasteiger partial charge in [0.25, 0.3) is 0 Å². The molecule has 0 fully saturated rings. The Bertz CT molecular complexity index is 858. The molecule has 0 aliphatic carbocycles. The maximum Gasteiger partial charge on any atom is 0.351 e. The van der Waals surface area contributed by atoms with Crippen LogP contribution in [0.5, 0.6) is 0 Å². The summed E-state index contributed by atoms with van der Waals surface area (Å²) in [4.78, 5) is 24.4. The highest BCUT2D eigenvalue weighted by Gasteiger charge is 2.29. The Balaban J connectivity index is 2.39. The van der Waals surface area contributed by atoms with Crippen LogP contribution in [0.15, 0.2) is 59.5 Å².